The van der Waals surface area contributed by atoms with Crippen molar-refractivity contribution in [2.45, 2.75) is 124 Å². The molecule has 0 aliphatic heterocycles. The smallest absolute Gasteiger partial charge is 0.313 e. The molecule has 2 unspecified atom stereocenters. The summed E-state index contributed by atoms with van der Waals surface area (Å²) >= 11 is 0. The van der Waals surface area contributed by atoms with Crippen molar-refractivity contribution < 1.29 is 19.4 Å². The van der Waals surface area contributed by atoms with Gasteiger partial charge in [0.15, 0.2) is 0 Å². The van der Waals surface area contributed by atoms with Crippen LogP contribution in [-0.2, 0) is 14.3 Å². The van der Waals surface area contributed by atoms with E-state index in [1.54, 1.807) is 12.1 Å². The van der Waals surface area contributed by atoms with Gasteiger partial charge in [-0.2, -0.15) is 0 Å². The van der Waals surface area contributed by atoms with Gasteiger partial charge in [-0.05, 0) is 75.0 Å². The number of phenolic OH excluding ortho intramolecular Hbond substituents is 1. The average molecular weight is 447 g/mol. The Morgan fingerprint density at radius 1 is 1.06 bits per heavy atom. The quantitative estimate of drug-likeness (QED) is 0.279. The van der Waals surface area contributed by atoms with Gasteiger partial charge in [0.25, 0.3) is 0 Å². The maximum atomic E-state index is 13.1. The largest absolute Gasteiger partial charge is 0.508 e. The van der Waals surface area contributed by atoms with Gasteiger partial charge in [0, 0.05) is 6.42 Å². The first-order valence-electron chi connectivity index (χ1n) is 12.7. The van der Waals surface area contributed by atoms with Crippen molar-refractivity contribution in [1.29, 1.82) is 0 Å². The van der Waals surface area contributed by atoms with E-state index < -0.39 is 11.7 Å². The van der Waals surface area contributed by atoms with E-state index in [1.807, 2.05) is 26.0 Å². The molecule has 1 aliphatic rings. The summed E-state index contributed by atoms with van der Waals surface area (Å²) in [5, 5.41) is 9.54. The molecule has 2 atom stereocenters. The van der Waals surface area contributed by atoms with Crippen molar-refractivity contribution in [3.8, 4) is 5.75 Å². The van der Waals surface area contributed by atoms with Crippen LogP contribution in [0.3, 0.4) is 0 Å². The van der Waals surface area contributed by atoms with E-state index >= 15 is 0 Å². The molecule has 0 radical (unpaired) electrons. The van der Waals surface area contributed by atoms with Gasteiger partial charge in [0.1, 0.15) is 5.75 Å². The molecule has 4 nitrogen and oxygen atoms in total. The number of phenols is 1. The minimum Gasteiger partial charge on any atom is -0.508 e. The van der Waals surface area contributed by atoms with Crippen molar-refractivity contribution >= 4 is 5.97 Å². The molecule has 0 bridgehead atoms. The van der Waals surface area contributed by atoms with Crippen LogP contribution in [0.4, 0.5) is 0 Å². The summed E-state index contributed by atoms with van der Waals surface area (Å²) in [6.07, 6.45) is 10.1. The second kappa shape index (κ2) is 12.1. The molecule has 182 valence electrons. The number of hydrogen-bond acceptors (Lipinski definition) is 4. The van der Waals surface area contributed by atoms with E-state index in [4.69, 9.17) is 9.47 Å². The lowest BCUT2D eigenvalue weighted by Gasteiger charge is -2.33. The fourth-order valence-corrected chi connectivity index (χ4v) is 4.56. The Morgan fingerprint density at radius 3 is 2.25 bits per heavy atom. The molecule has 1 fully saturated rings. The van der Waals surface area contributed by atoms with Crippen LogP contribution >= 0.6 is 0 Å². The molecule has 0 heterocycles. The maximum Gasteiger partial charge on any atom is 0.313 e. The summed E-state index contributed by atoms with van der Waals surface area (Å²) in [6, 6.07) is 7.51. The molecule has 2 rings (SSSR count). The zero-order chi connectivity index (χ0) is 23.8. The van der Waals surface area contributed by atoms with Crippen LogP contribution in [-0.4, -0.2) is 23.5 Å². The summed E-state index contributed by atoms with van der Waals surface area (Å²) < 4.78 is 12.3. The number of carbonyl (C=O) groups is 1. The predicted molar refractivity (Wildman–Crippen MR) is 131 cm³/mol. The highest BCUT2D eigenvalue weighted by molar-refractivity contribution is 5.75. The first-order chi connectivity index (χ1) is 15.0. The van der Waals surface area contributed by atoms with E-state index in [9.17, 15) is 9.90 Å². The van der Waals surface area contributed by atoms with Gasteiger partial charge in [-0.25, -0.2) is 0 Å². The molecular formula is C28H46O4. The summed E-state index contributed by atoms with van der Waals surface area (Å²) in [4.78, 5) is 13.1. The van der Waals surface area contributed by atoms with Gasteiger partial charge in [0.2, 0.25) is 6.29 Å². The highest BCUT2D eigenvalue weighted by Gasteiger charge is 2.34. The van der Waals surface area contributed by atoms with Gasteiger partial charge in [-0.3, -0.25) is 4.79 Å². The number of hydrogen-bond donors (Lipinski definition) is 1. The minimum atomic E-state index is -0.542. The van der Waals surface area contributed by atoms with Crippen molar-refractivity contribution in [1.82, 2.24) is 0 Å². The van der Waals surface area contributed by atoms with Gasteiger partial charge < -0.3 is 14.6 Å². The minimum absolute atomic E-state index is 0.0300. The van der Waals surface area contributed by atoms with Crippen molar-refractivity contribution in [3.63, 3.8) is 0 Å². The predicted octanol–water partition coefficient (Wildman–Crippen LogP) is 7.74. The molecule has 1 aromatic carbocycles. The molecule has 4 heteroatoms. The summed E-state index contributed by atoms with van der Waals surface area (Å²) in [7, 11) is 0. The zero-order valence-electron chi connectivity index (χ0n) is 21.3. The SMILES string of the molecule is CCC(CCCC(C)(C)C(=O)OC(CC(C)(C)C)OC1CCCCC1)c1ccc(O)cc1. The monoisotopic (exact) mass is 446 g/mol. The Hall–Kier alpha value is -1.55. The van der Waals surface area contributed by atoms with E-state index in [0.717, 1.165) is 38.5 Å². The number of aromatic hydroxyl groups is 1. The van der Waals surface area contributed by atoms with Crippen LogP contribution in [0.25, 0.3) is 0 Å². The van der Waals surface area contributed by atoms with E-state index in [0.29, 0.717) is 18.1 Å². The Balaban J connectivity index is 1.91. The summed E-state index contributed by atoms with van der Waals surface area (Å²) in [5.41, 5.74) is 0.735. The molecular weight excluding hydrogens is 400 g/mol. The van der Waals surface area contributed by atoms with Gasteiger partial charge >= 0.3 is 5.97 Å². The number of ether oxygens (including phenoxy) is 2. The van der Waals surface area contributed by atoms with Gasteiger partial charge in [-0.1, -0.05) is 65.5 Å². The molecule has 0 aromatic heterocycles. The average Bonchev–Trinajstić information content (AvgIpc) is 2.71. The van der Waals surface area contributed by atoms with Crippen LogP contribution < -0.4 is 0 Å². The molecule has 1 aliphatic carbocycles. The number of rotatable bonds is 11. The zero-order valence-corrected chi connectivity index (χ0v) is 21.3. The van der Waals surface area contributed by atoms with Crippen LogP contribution in [0.1, 0.15) is 117 Å². The number of carbonyl (C=O) groups excluding carboxylic acids is 1. The first kappa shape index (κ1) is 26.7. The van der Waals surface area contributed by atoms with Gasteiger partial charge in [0.05, 0.1) is 11.5 Å². The lowest BCUT2D eigenvalue weighted by Crippen LogP contribution is -2.36. The molecule has 1 saturated carbocycles. The maximum absolute atomic E-state index is 13.1. The number of esters is 1. The second-order valence-electron chi connectivity index (χ2n) is 11.5. The highest BCUT2D eigenvalue weighted by Crippen LogP contribution is 2.33. The van der Waals surface area contributed by atoms with Crippen LogP contribution in [0.5, 0.6) is 5.75 Å². The van der Waals surface area contributed by atoms with Crippen LogP contribution in [0.15, 0.2) is 24.3 Å². The fourth-order valence-electron chi connectivity index (χ4n) is 4.56. The van der Waals surface area contributed by atoms with Crippen molar-refractivity contribution in [3.05, 3.63) is 29.8 Å². The summed E-state index contributed by atoms with van der Waals surface area (Å²) in [6.45, 7) is 12.7. The highest BCUT2D eigenvalue weighted by atomic mass is 16.7. The topological polar surface area (TPSA) is 55.8 Å². The molecule has 32 heavy (non-hydrogen) atoms. The van der Waals surface area contributed by atoms with Crippen LogP contribution in [0, 0.1) is 10.8 Å². The third kappa shape index (κ3) is 9.13. The normalized spacial score (nSPS) is 17.7. The second-order valence-corrected chi connectivity index (χ2v) is 11.5. The third-order valence-corrected chi connectivity index (χ3v) is 6.68. The number of benzene rings is 1. The van der Waals surface area contributed by atoms with Gasteiger partial charge in [-0.15, -0.1) is 0 Å². The third-order valence-electron chi connectivity index (χ3n) is 6.68. The Kier molecular flexibility index (Phi) is 10.1. The van der Waals surface area contributed by atoms with Crippen molar-refractivity contribution in [2.75, 3.05) is 0 Å². The molecule has 0 saturated heterocycles. The Bertz CT molecular complexity index is 680. The standard InChI is InChI=1S/C28H46O4/c1-7-21(22-15-17-23(29)18-16-22)12-11-19-28(5,6)26(30)32-25(20-27(2,3)4)31-24-13-9-8-10-14-24/h15-18,21,24-25,29H,7-14,19-20H2,1-6H3. The van der Waals surface area contributed by atoms with E-state index in [-0.39, 0.29) is 17.5 Å². The lowest BCUT2D eigenvalue weighted by molar-refractivity contribution is -0.208. The molecule has 0 spiro atoms. The van der Waals surface area contributed by atoms with Crippen LogP contribution in [0.2, 0.25) is 0 Å². The Morgan fingerprint density at radius 2 is 1.69 bits per heavy atom. The fraction of sp³-hybridized carbons (Fsp3) is 0.750. The van der Waals surface area contributed by atoms with E-state index in [1.165, 1.54) is 24.8 Å². The molecule has 0 amide bonds. The lowest BCUT2D eigenvalue weighted by atomic mass is 9.83. The molecule has 1 aromatic rings. The summed E-state index contributed by atoms with van der Waals surface area (Å²) in [5.74, 6) is 0.582. The van der Waals surface area contributed by atoms with E-state index in [2.05, 4.69) is 27.7 Å². The van der Waals surface area contributed by atoms with Crippen molar-refractivity contribution in [2.24, 2.45) is 10.8 Å². The Labute approximate surface area is 196 Å². The molecule has 1 N–H and O–H groups in total. The first-order valence-corrected chi connectivity index (χ1v) is 12.7.